The maximum Gasteiger partial charge on any atom is 0.191 e. The van der Waals surface area contributed by atoms with Gasteiger partial charge in [0.15, 0.2) is 5.96 Å². The third-order valence-corrected chi connectivity index (χ3v) is 4.30. The zero-order valence-corrected chi connectivity index (χ0v) is 17.4. The van der Waals surface area contributed by atoms with Crippen LogP contribution < -0.4 is 10.6 Å². The first-order valence-electron chi connectivity index (χ1n) is 8.93. The van der Waals surface area contributed by atoms with Crippen molar-refractivity contribution in [2.45, 2.75) is 39.5 Å². The standard InChI is InChI=1S/C18H31N5.HI/c1-3-20-18(22-11-14-23-12-5-4-6-13-23)21-10-8-17-7-9-19-15-16(17)2;/h7,9,15H,3-6,8,10-14H2,1-2H3,(H2,20,21,22);1H. The molecule has 0 atom stereocenters. The highest BCUT2D eigenvalue weighted by Crippen LogP contribution is 2.07. The molecule has 0 amide bonds. The molecule has 0 radical (unpaired) electrons. The molecule has 0 spiro atoms. The first-order valence-corrected chi connectivity index (χ1v) is 8.93. The molecule has 0 aromatic carbocycles. The number of rotatable bonds is 7. The maximum absolute atomic E-state index is 4.70. The summed E-state index contributed by atoms with van der Waals surface area (Å²) in [5.41, 5.74) is 2.60. The minimum absolute atomic E-state index is 0. The molecule has 24 heavy (non-hydrogen) atoms. The fourth-order valence-corrected chi connectivity index (χ4v) is 2.93. The first-order chi connectivity index (χ1) is 11.3. The smallest absolute Gasteiger partial charge is 0.191 e. The fourth-order valence-electron chi connectivity index (χ4n) is 2.93. The Labute approximate surface area is 163 Å². The van der Waals surface area contributed by atoms with Crippen molar-refractivity contribution < 1.29 is 0 Å². The van der Waals surface area contributed by atoms with Crippen molar-refractivity contribution >= 4 is 29.9 Å². The van der Waals surface area contributed by atoms with E-state index in [1.54, 1.807) is 0 Å². The molecule has 1 fully saturated rings. The molecule has 2 N–H and O–H groups in total. The predicted octanol–water partition coefficient (Wildman–Crippen LogP) is 2.59. The van der Waals surface area contributed by atoms with Crippen LogP contribution in [0.1, 0.15) is 37.3 Å². The number of aliphatic imine (C=N–C) groups is 1. The molecule has 0 unspecified atom stereocenters. The highest BCUT2D eigenvalue weighted by Gasteiger charge is 2.09. The molecular formula is C18H32IN5. The van der Waals surface area contributed by atoms with Gasteiger partial charge in [0.05, 0.1) is 6.54 Å². The average molecular weight is 445 g/mol. The number of guanidine groups is 1. The lowest BCUT2D eigenvalue weighted by atomic mass is 10.1. The SMILES string of the molecule is CCNC(=NCCN1CCCCC1)NCCc1ccncc1C.I. The molecule has 1 aromatic heterocycles. The zero-order chi connectivity index (χ0) is 16.3. The van der Waals surface area contributed by atoms with Gasteiger partial charge in [-0.15, -0.1) is 24.0 Å². The number of aryl methyl sites for hydroxylation is 1. The summed E-state index contributed by atoms with van der Waals surface area (Å²) in [6, 6.07) is 2.09. The van der Waals surface area contributed by atoms with E-state index in [4.69, 9.17) is 4.99 Å². The molecule has 0 aliphatic carbocycles. The van der Waals surface area contributed by atoms with Crippen LogP contribution in [0.3, 0.4) is 0 Å². The molecule has 1 aromatic rings. The second-order valence-corrected chi connectivity index (χ2v) is 6.14. The molecule has 1 aliphatic heterocycles. The Morgan fingerprint density at radius 3 is 2.75 bits per heavy atom. The fraction of sp³-hybridized carbons (Fsp3) is 0.667. The topological polar surface area (TPSA) is 52.6 Å². The van der Waals surface area contributed by atoms with E-state index in [1.165, 1.54) is 43.5 Å². The zero-order valence-electron chi connectivity index (χ0n) is 15.1. The number of piperidine rings is 1. The molecular weight excluding hydrogens is 413 g/mol. The van der Waals surface area contributed by atoms with Gasteiger partial charge >= 0.3 is 0 Å². The Morgan fingerprint density at radius 1 is 1.25 bits per heavy atom. The summed E-state index contributed by atoms with van der Waals surface area (Å²) < 4.78 is 0. The number of hydrogen-bond acceptors (Lipinski definition) is 3. The van der Waals surface area contributed by atoms with Crippen molar-refractivity contribution in [1.82, 2.24) is 20.5 Å². The summed E-state index contributed by atoms with van der Waals surface area (Å²) in [7, 11) is 0. The van der Waals surface area contributed by atoms with Crippen LogP contribution >= 0.6 is 24.0 Å². The van der Waals surface area contributed by atoms with Gasteiger partial charge in [-0.3, -0.25) is 9.98 Å². The van der Waals surface area contributed by atoms with Crippen molar-refractivity contribution in [2.24, 2.45) is 4.99 Å². The molecule has 2 heterocycles. The third-order valence-electron chi connectivity index (χ3n) is 4.30. The van der Waals surface area contributed by atoms with Gasteiger partial charge in [-0.05, 0) is 63.4 Å². The Balaban J connectivity index is 0.00000288. The van der Waals surface area contributed by atoms with Crippen LogP contribution in [-0.4, -0.2) is 55.1 Å². The lowest BCUT2D eigenvalue weighted by molar-refractivity contribution is 0.235. The Kier molecular flexibility index (Phi) is 11.0. The van der Waals surface area contributed by atoms with E-state index < -0.39 is 0 Å². The molecule has 1 aliphatic rings. The van der Waals surface area contributed by atoms with Gasteiger partial charge in [0.25, 0.3) is 0 Å². The number of halogens is 1. The van der Waals surface area contributed by atoms with Crippen LogP contribution in [-0.2, 0) is 6.42 Å². The van der Waals surface area contributed by atoms with Gasteiger partial charge in [0, 0.05) is 32.0 Å². The van der Waals surface area contributed by atoms with Crippen LogP contribution in [0.5, 0.6) is 0 Å². The van der Waals surface area contributed by atoms with Crippen LogP contribution in [0.2, 0.25) is 0 Å². The second-order valence-electron chi connectivity index (χ2n) is 6.14. The Bertz CT molecular complexity index is 486. The number of nitrogens with zero attached hydrogens (tertiary/aromatic N) is 3. The summed E-state index contributed by atoms with van der Waals surface area (Å²) in [6.07, 6.45) is 8.84. The maximum atomic E-state index is 4.70. The molecule has 2 rings (SSSR count). The monoisotopic (exact) mass is 445 g/mol. The van der Waals surface area contributed by atoms with Crippen LogP contribution in [0.25, 0.3) is 0 Å². The van der Waals surface area contributed by atoms with Crippen LogP contribution in [0.15, 0.2) is 23.5 Å². The van der Waals surface area contributed by atoms with E-state index in [-0.39, 0.29) is 24.0 Å². The molecule has 136 valence electrons. The first kappa shape index (κ1) is 21.2. The van der Waals surface area contributed by atoms with Crippen molar-refractivity contribution in [3.8, 4) is 0 Å². The highest BCUT2D eigenvalue weighted by atomic mass is 127. The Hall–Kier alpha value is -0.890. The van der Waals surface area contributed by atoms with Crippen LogP contribution in [0.4, 0.5) is 0 Å². The number of hydrogen-bond donors (Lipinski definition) is 2. The van der Waals surface area contributed by atoms with Gasteiger partial charge in [-0.25, -0.2) is 0 Å². The van der Waals surface area contributed by atoms with Crippen molar-refractivity contribution in [2.75, 3.05) is 39.3 Å². The van der Waals surface area contributed by atoms with Gasteiger partial charge < -0.3 is 15.5 Å². The largest absolute Gasteiger partial charge is 0.357 e. The van der Waals surface area contributed by atoms with Crippen LogP contribution in [0, 0.1) is 6.92 Å². The highest BCUT2D eigenvalue weighted by molar-refractivity contribution is 14.0. The molecule has 5 nitrogen and oxygen atoms in total. The minimum atomic E-state index is 0. The normalized spacial score (nSPS) is 15.7. The number of likely N-dealkylation sites (tertiary alicyclic amines) is 1. The van der Waals surface area contributed by atoms with E-state index in [0.29, 0.717) is 0 Å². The molecule has 0 saturated carbocycles. The summed E-state index contributed by atoms with van der Waals surface area (Å²) in [5.74, 6) is 0.927. The number of nitrogens with one attached hydrogen (secondary N) is 2. The predicted molar refractivity (Wildman–Crippen MR) is 112 cm³/mol. The number of pyridine rings is 1. The summed E-state index contributed by atoms with van der Waals surface area (Å²) >= 11 is 0. The molecule has 0 bridgehead atoms. The van der Waals surface area contributed by atoms with Gasteiger partial charge in [-0.2, -0.15) is 0 Å². The lowest BCUT2D eigenvalue weighted by Crippen LogP contribution is -2.39. The Morgan fingerprint density at radius 2 is 2.04 bits per heavy atom. The van der Waals surface area contributed by atoms with Crippen molar-refractivity contribution in [3.05, 3.63) is 29.6 Å². The van der Waals surface area contributed by atoms with Gasteiger partial charge in [0.1, 0.15) is 0 Å². The van der Waals surface area contributed by atoms with Gasteiger partial charge in [0.2, 0.25) is 0 Å². The van der Waals surface area contributed by atoms with Crippen molar-refractivity contribution in [1.29, 1.82) is 0 Å². The minimum Gasteiger partial charge on any atom is -0.357 e. The quantitative estimate of drug-likeness (QED) is 0.385. The summed E-state index contributed by atoms with van der Waals surface area (Å²) in [6.45, 7) is 10.4. The van der Waals surface area contributed by atoms with E-state index in [1.807, 2.05) is 12.4 Å². The van der Waals surface area contributed by atoms with E-state index in [9.17, 15) is 0 Å². The van der Waals surface area contributed by atoms with E-state index in [0.717, 1.165) is 38.6 Å². The third kappa shape index (κ3) is 7.79. The van der Waals surface area contributed by atoms with Crippen molar-refractivity contribution in [3.63, 3.8) is 0 Å². The average Bonchev–Trinajstić information content (AvgIpc) is 2.57. The second kappa shape index (κ2) is 12.5. The van der Waals surface area contributed by atoms with E-state index in [2.05, 4.69) is 40.4 Å². The lowest BCUT2D eigenvalue weighted by Gasteiger charge is -2.25. The number of aromatic nitrogens is 1. The van der Waals surface area contributed by atoms with Gasteiger partial charge in [-0.1, -0.05) is 6.42 Å². The summed E-state index contributed by atoms with van der Waals surface area (Å²) in [4.78, 5) is 11.4. The molecule has 1 saturated heterocycles. The summed E-state index contributed by atoms with van der Waals surface area (Å²) in [5, 5.41) is 6.76. The van der Waals surface area contributed by atoms with E-state index >= 15 is 0 Å². The molecule has 6 heteroatoms.